The van der Waals surface area contributed by atoms with Gasteiger partial charge in [0.1, 0.15) is 5.41 Å². The lowest BCUT2D eigenvalue weighted by atomic mass is 9.80. The fourth-order valence-corrected chi connectivity index (χ4v) is 2.22. The molecule has 1 heterocycles. The van der Waals surface area contributed by atoms with Gasteiger partial charge in [0, 0.05) is 26.2 Å². The van der Waals surface area contributed by atoms with Gasteiger partial charge in [0.15, 0.2) is 5.84 Å². The van der Waals surface area contributed by atoms with Crippen LogP contribution in [-0.2, 0) is 18.3 Å². The van der Waals surface area contributed by atoms with Crippen LogP contribution in [0.25, 0.3) is 0 Å². The van der Waals surface area contributed by atoms with Gasteiger partial charge in [-0.05, 0) is 18.9 Å². The number of aromatic nitrogens is 2. The quantitative estimate of drug-likeness (QED) is 0.295. The normalized spacial score (nSPS) is 12.4. The van der Waals surface area contributed by atoms with Crippen molar-refractivity contribution in [3.63, 3.8) is 0 Å². The predicted molar refractivity (Wildman–Crippen MR) is 76.3 cm³/mol. The Kier molecular flexibility index (Phi) is 5.54. The summed E-state index contributed by atoms with van der Waals surface area (Å²) in [5.41, 5.74) is 5.65. The Labute approximate surface area is 118 Å². The number of amides is 1. The Morgan fingerprint density at radius 2 is 2.20 bits per heavy atom. The summed E-state index contributed by atoms with van der Waals surface area (Å²) in [6.07, 6.45) is 3.46. The van der Waals surface area contributed by atoms with Crippen LogP contribution in [0.5, 0.6) is 0 Å². The van der Waals surface area contributed by atoms with Crippen LogP contribution < -0.4 is 11.1 Å². The lowest BCUT2D eigenvalue weighted by Crippen LogP contribution is -2.49. The Morgan fingerprint density at radius 1 is 1.55 bits per heavy atom. The van der Waals surface area contributed by atoms with Crippen molar-refractivity contribution < 1.29 is 10.0 Å². The third-order valence-corrected chi connectivity index (χ3v) is 3.68. The van der Waals surface area contributed by atoms with Gasteiger partial charge in [0.05, 0.1) is 5.69 Å². The number of nitrogens with zero attached hydrogens (tertiary/aromatic N) is 3. The van der Waals surface area contributed by atoms with Gasteiger partial charge in [0.25, 0.3) is 0 Å². The van der Waals surface area contributed by atoms with Crippen LogP contribution in [0, 0.1) is 5.41 Å². The molecule has 0 radical (unpaired) electrons. The van der Waals surface area contributed by atoms with E-state index in [-0.39, 0.29) is 11.7 Å². The zero-order chi connectivity index (χ0) is 15.2. The Morgan fingerprint density at radius 3 is 2.65 bits per heavy atom. The molecule has 1 aromatic heterocycles. The minimum absolute atomic E-state index is 0.0437. The van der Waals surface area contributed by atoms with Gasteiger partial charge in [-0.3, -0.25) is 9.48 Å². The monoisotopic (exact) mass is 281 g/mol. The summed E-state index contributed by atoms with van der Waals surface area (Å²) in [4.78, 5) is 12.3. The van der Waals surface area contributed by atoms with E-state index in [9.17, 15) is 4.79 Å². The molecule has 112 valence electrons. The molecule has 1 rings (SSSR count). The highest BCUT2D eigenvalue weighted by Crippen LogP contribution is 2.26. The van der Waals surface area contributed by atoms with Crippen molar-refractivity contribution in [2.45, 2.75) is 33.1 Å². The summed E-state index contributed by atoms with van der Waals surface area (Å²) in [7, 11) is 1.85. The first-order valence-electron chi connectivity index (χ1n) is 6.75. The van der Waals surface area contributed by atoms with E-state index in [0.717, 1.165) is 5.69 Å². The zero-order valence-corrected chi connectivity index (χ0v) is 12.3. The molecule has 0 saturated heterocycles. The Bertz CT molecular complexity index is 477. The maximum atomic E-state index is 12.3. The Balaban J connectivity index is 2.63. The molecule has 0 unspecified atom stereocenters. The predicted octanol–water partition coefficient (Wildman–Crippen LogP) is 0.632. The molecule has 20 heavy (non-hydrogen) atoms. The van der Waals surface area contributed by atoms with Crippen molar-refractivity contribution in [1.82, 2.24) is 15.1 Å². The second kappa shape index (κ2) is 6.93. The summed E-state index contributed by atoms with van der Waals surface area (Å²) >= 11 is 0. The SMILES string of the molecule is CCC(CC)(C(=O)NCCc1ccn(C)n1)/C(N)=N/O. The van der Waals surface area contributed by atoms with Gasteiger partial charge in [-0.2, -0.15) is 5.10 Å². The lowest BCUT2D eigenvalue weighted by Gasteiger charge is -2.28. The fourth-order valence-electron chi connectivity index (χ4n) is 2.22. The fraction of sp³-hybridized carbons (Fsp3) is 0.615. The summed E-state index contributed by atoms with van der Waals surface area (Å²) in [6, 6.07) is 1.91. The number of rotatable bonds is 7. The highest BCUT2D eigenvalue weighted by molar-refractivity contribution is 6.06. The van der Waals surface area contributed by atoms with Gasteiger partial charge in [-0.15, -0.1) is 0 Å². The first kappa shape index (κ1) is 16.0. The molecule has 4 N–H and O–H groups in total. The Hall–Kier alpha value is -2.05. The van der Waals surface area contributed by atoms with Crippen LogP contribution in [0.2, 0.25) is 0 Å². The topological polar surface area (TPSA) is 106 Å². The summed E-state index contributed by atoms with van der Waals surface area (Å²) in [5.74, 6) is -0.258. The highest BCUT2D eigenvalue weighted by atomic mass is 16.4. The molecule has 7 nitrogen and oxygen atoms in total. The molecule has 0 fully saturated rings. The number of nitrogens with two attached hydrogens (primary N) is 1. The molecular weight excluding hydrogens is 258 g/mol. The van der Waals surface area contributed by atoms with Gasteiger partial charge in [0.2, 0.25) is 5.91 Å². The van der Waals surface area contributed by atoms with Gasteiger partial charge in [-0.1, -0.05) is 19.0 Å². The van der Waals surface area contributed by atoms with E-state index in [1.807, 2.05) is 33.2 Å². The third kappa shape index (κ3) is 3.28. The van der Waals surface area contributed by atoms with Crippen LogP contribution in [0.15, 0.2) is 17.4 Å². The minimum Gasteiger partial charge on any atom is -0.409 e. The van der Waals surface area contributed by atoms with Gasteiger partial charge in [-0.25, -0.2) is 0 Å². The van der Waals surface area contributed by atoms with Crippen molar-refractivity contribution in [2.75, 3.05) is 6.54 Å². The summed E-state index contributed by atoms with van der Waals surface area (Å²) < 4.78 is 1.72. The highest BCUT2D eigenvalue weighted by Gasteiger charge is 2.39. The molecular formula is C13H23N5O2. The molecule has 0 atom stereocenters. The van der Waals surface area contributed by atoms with Crippen LogP contribution in [-0.4, -0.2) is 33.3 Å². The third-order valence-electron chi connectivity index (χ3n) is 3.68. The van der Waals surface area contributed by atoms with E-state index in [1.165, 1.54) is 0 Å². The number of hydrogen-bond donors (Lipinski definition) is 3. The summed E-state index contributed by atoms with van der Waals surface area (Å²) in [6.45, 7) is 4.16. The van der Waals surface area contributed by atoms with Gasteiger partial charge >= 0.3 is 0 Å². The van der Waals surface area contributed by atoms with Crippen LogP contribution in [0.4, 0.5) is 0 Å². The van der Waals surface area contributed by atoms with Crippen molar-refractivity contribution in [1.29, 1.82) is 0 Å². The molecule has 0 aliphatic rings. The van der Waals surface area contributed by atoms with E-state index >= 15 is 0 Å². The van der Waals surface area contributed by atoms with Crippen LogP contribution >= 0.6 is 0 Å². The number of nitrogens with one attached hydrogen (secondary N) is 1. The largest absolute Gasteiger partial charge is 0.409 e. The number of aryl methyl sites for hydroxylation is 1. The molecule has 1 amide bonds. The molecule has 0 saturated carbocycles. The standard InChI is InChI=1S/C13H23N5O2/c1-4-13(5-2,11(14)17-20)12(19)15-8-6-10-7-9-18(3)16-10/h7,9,20H,4-6,8H2,1-3H3,(H2,14,17)(H,15,19). The molecule has 1 aromatic rings. The van der Waals surface area contributed by atoms with E-state index < -0.39 is 5.41 Å². The maximum absolute atomic E-state index is 12.3. The van der Waals surface area contributed by atoms with Crippen LogP contribution in [0.3, 0.4) is 0 Å². The number of carbonyl (C=O) groups is 1. The molecule has 7 heteroatoms. The molecule has 0 spiro atoms. The number of hydrogen-bond acceptors (Lipinski definition) is 4. The first-order chi connectivity index (χ1) is 9.50. The van der Waals surface area contributed by atoms with Crippen molar-refractivity contribution in [2.24, 2.45) is 23.4 Å². The molecule has 0 aliphatic carbocycles. The molecule has 0 aliphatic heterocycles. The second-order valence-corrected chi connectivity index (χ2v) is 4.76. The van der Waals surface area contributed by atoms with Crippen LogP contribution in [0.1, 0.15) is 32.4 Å². The van der Waals surface area contributed by atoms with E-state index in [2.05, 4.69) is 15.6 Å². The lowest BCUT2D eigenvalue weighted by molar-refractivity contribution is -0.127. The second-order valence-electron chi connectivity index (χ2n) is 4.76. The smallest absolute Gasteiger partial charge is 0.233 e. The number of carbonyl (C=O) groups excluding carboxylic acids is 1. The molecule has 0 aromatic carbocycles. The average Bonchev–Trinajstić information content (AvgIpc) is 2.86. The minimum atomic E-state index is -0.946. The molecule has 0 bridgehead atoms. The van der Waals surface area contributed by atoms with E-state index in [1.54, 1.807) is 4.68 Å². The van der Waals surface area contributed by atoms with Crippen molar-refractivity contribution >= 4 is 11.7 Å². The number of amidine groups is 1. The van der Waals surface area contributed by atoms with E-state index in [4.69, 9.17) is 10.9 Å². The van der Waals surface area contributed by atoms with Crippen molar-refractivity contribution in [3.8, 4) is 0 Å². The number of oxime groups is 1. The zero-order valence-electron chi connectivity index (χ0n) is 12.3. The summed E-state index contributed by atoms with van der Waals surface area (Å²) in [5, 5.41) is 18.9. The van der Waals surface area contributed by atoms with Crippen molar-refractivity contribution in [3.05, 3.63) is 18.0 Å². The maximum Gasteiger partial charge on any atom is 0.233 e. The first-order valence-corrected chi connectivity index (χ1v) is 6.75. The van der Waals surface area contributed by atoms with Gasteiger partial charge < -0.3 is 16.3 Å². The average molecular weight is 281 g/mol. The van der Waals surface area contributed by atoms with E-state index in [0.29, 0.717) is 25.8 Å².